The van der Waals surface area contributed by atoms with Gasteiger partial charge in [0.05, 0.1) is 11.1 Å². The van der Waals surface area contributed by atoms with Crippen LogP contribution >= 0.6 is 0 Å². The fourth-order valence-electron chi connectivity index (χ4n) is 5.10. The number of aliphatic hydroxyl groups excluding tert-OH is 1. The lowest BCUT2D eigenvalue weighted by atomic mass is 10.1. The highest BCUT2D eigenvalue weighted by atomic mass is 16.5. The minimum atomic E-state index is -0.732. The SMILES string of the molecule is Cn1nc(CCCN2C(=O)c3ccccc3C2=O)nc1NCC(O)COc1cccc(CN2CCCCC2)c1. The van der Waals surface area contributed by atoms with E-state index in [9.17, 15) is 14.7 Å². The highest BCUT2D eigenvalue weighted by Gasteiger charge is 2.34. The topological polar surface area (TPSA) is 113 Å². The van der Waals surface area contributed by atoms with Gasteiger partial charge in [0.1, 0.15) is 18.5 Å². The molecule has 10 nitrogen and oxygen atoms in total. The molecule has 1 fully saturated rings. The van der Waals surface area contributed by atoms with Gasteiger partial charge in [0, 0.05) is 33.1 Å². The monoisotopic (exact) mass is 532 g/mol. The average Bonchev–Trinajstić information content (AvgIpc) is 3.43. The van der Waals surface area contributed by atoms with Crippen LogP contribution in [0.1, 0.15) is 57.8 Å². The number of aryl methyl sites for hydroxylation is 2. The fourth-order valence-corrected chi connectivity index (χ4v) is 5.10. The number of piperidine rings is 1. The Hall–Kier alpha value is -3.76. The molecule has 0 bridgehead atoms. The lowest BCUT2D eigenvalue weighted by Gasteiger charge is -2.26. The second-order valence-corrected chi connectivity index (χ2v) is 10.2. The summed E-state index contributed by atoms with van der Waals surface area (Å²) in [5, 5.41) is 18.0. The van der Waals surface area contributed by atoms with Crippen molar-refractivity contribution in [2.75, 3.05) is 38.1 Å². The molecule has 0 radical (unpaired) electrons. The molecule has 10 heteroatoms. The van der Waals surface area contributed by atoms with Crippen LogP contribution in [0.5, 0.6) is 5.75 Å². The summed E-state index contributed by atoms with van der Waals surface area (Å²) in [7, 11) is 1.78. The first kappa shape index (κ1) is 26.8. The Labute approximate surface area is 228 Å². The van der Waals surface area contributed by atoms with E-state index >= 15 is 0 Å². The molecular weight excluding hydrogens is 496 g/mol. The van der Waals surface area contributed by atoms with Crippen LogP contribution < -0.4 is 10.1 Å². The number of aliphatic hydroxyl groups is 1. The van der Waals surface area contributed by atoms with Crippen molar-refractivity contribution >= 4 is 17.8 Å². The second-order valence-electron chi connectivity index (χ2n) is 10.2. The van der Waals surface area contributed by atoms with Gasteiger partial charge in [-0.3, -0.25) is 19.4 Å². The van der Waals surface area contributed by atoms with Crippen LogP contribution in [0.15, 0.2) is 48.5 Å². The summed E-state index contributed by atoms with van der Waals surface area (Å²) in [5.74, 6) is 1.39. The Kier molecular flexibility index (Phi) is 8.53. The highest BCUT2D eigenvalue weighted by Crippen LogP contribution is 2.23. The molecule has 5 rings (SSSR count). The van der Waals surface area contributed by atoms with Crippen molar-refractivity contribution in [1.82, 2.24) is 24.6 Å². The lowest BCUT2D eigenvalue weighted by molar-refractivity contribution is 0.0652. The molecule has 2 aromatic carbocycles. The molecule has 206 valence electrons. The van der Waals surface area contributed by atoms with E-state index in [1.807, 2.05) is 18.2 Å². The van der Waals surface area contributed by atoms with Crippen LogP contribution in [0.4, 0.5) is 5.95 Å². The maximum atomic E-state index is 12.5. The van der Waals surface area contributed by atoms with Gasteiger partial charge in [-0.05, 0) is 62.2 Å². The van der Waals surface area contributed by atoms with Gasteiger partial charge in [0.2, 0.25) is 5.95 Å². The van der Waals surface area contributed by atoms with Gasteiger partial charge >= 0.3 is 0 Å². The zero-order valence-corrected chi connectivity index (χ0v) is 22.4. The highest BCUT2D eigenvalue weighted by molar-refractivity contribution is 6.21. The average molecular weight is 533 g/mol. The molecule has 1 saturated heterocycles. The standard InChI is InChI=1S/C29H36N6O4/c1-33-29(31-26(32-33)13-8-16-35-27(37)24-11-3-4-12-25(24)28(35)38)30-18-22(36)20-39-23-10-7-9-21(17-23)19-34-14-5-2-6-15-34/h3-4,7,9-12,17,22,36H,2,5-6,8,13-16,18-20H2,1H3,(H,30,31,32). The molecule has 3 heterocycles. The van der Waals surface area contributed by atoms with Crippen LogP contribution in [-0.2, 0) is 20.0 Å². The van der Waals surface area contributed by atoms with Gasteiger partial charge in [0.25, 0.3) is 11.8 Å². The second kappa shape index (κ2) is 12.4. The van der Waals surface area contributed by atoms with Crippen LogP contribution in [0, 0.1) is 0 Å². The number of fused-ring (bicyclic) bond motifs is 1. The number of amides is 2. The quantitative estimate of drug-likeness (QED) is 0.343. The Morgan fingerprint density at radius 1 is 1.03 bits per heavy atom. The molecule has 1 aromatic heterocycles. The van der Waals surface area contributed by atoms with Crippen LogP contribution in [-0.4, -0.2) is 80.4 Å². The Balaban J connectivity index is 1.04. The number of anilines is 1. The van der Waals surface area contributed by atoms with Gasteiger partial charge in [0.15, 0.2) is 5.82 Å². The minimum absolute atomic E-state index is 0.158. The van der Waals surface area contributed by atoms with Crippen molar-refractivity contribution < 1.29 is 19.4 Å². The summed E-state index contributed by atoms with van der Waals surface area (Å²) >= 11 is 0. The molecule has 1 unspecified atom stereocenters. The first-order chi connectivity index (χ1) is 19.0. The number of hydrogen-bond donors (Lipinski definition) is 2. The number of benzene rings is 2. The number of hydrogen-bond acceptors (Lipinski definition) is 8. The number of likely N-dealkylation sites (tertiary alicyclic amines) is 1. The lowest BCUT2D eigenvalue weighted by Crippen LogP contribution is -2.31. The van der Waals surface area contributed by atoms with E-state index in [2.05, 4.69) is 26.4 Å². The van der Waals surface area contributed by atoms with Crippen molar-refractivity contribution in [2.45, 2.75) is 44.8 Å². The van der Waals surface area contributed by atoms with Gasteiger partial charge in [-0.25, -0.2) is 4.68 Å². The number of ether oxygens (including phenoxy) is 1. The summed E-state index contributed by atoms with van der Waals surface area (Å²) in [6.45, 7) is 3.94. The first-order valence-corrected chi connectivity index (χ1v) is 13.7. The van der Waals surface area contributed by atoms with E-state index in [1.54, 1.807) is 36.0 Å². The molecule has 39 heavy (non-hydrogen) atoms. The molecule has 0 spiro atoms. The zero-order chi connectivity index (χ0) is 27.2. The molecule has 2 N–H and O–H groups in total. The Morgan fingerprint density at radius 2 is 1.77 bits per heavy atom. The van der Waals surface area contributed by atoms with E-state index in [1.165, 1.54) is 29.7 Å². The van der Waals surface area contributed by atoms with E-state index < -0.39 is 6.10 Å². The fraction of sp³-hybridized carbons (Fsp3) is 0.448. The molecule has 0 saturated carbocycles. The van der Waals surface area contributed by atoms with Crippen molar-refractivity contribution in [3.8, 4) is 5.75 Å². The number of imide groups is 1. The number of carbonyl (C=O) groups is 2. The maximum Gasteiger partial charge on any atom is 0.261 e. The molecule has 0 aliphatic carbocycles. The number of carbonyl (C=O) groups excluding carboxylic acids is 2. The smallest absolute Gasteiger partial charge is 0.261 e. The predicted molar refractivity (Wildman–Crippen MR) is 147 cm³/mol. The van der Waals surface area contributed by atoms with Crippen LogP contribution in [0.3, 0.4) is 0 Å². The molecule has 3 aromatic rings. The summed E-state index contributed by atoms with van der Waals surface area (Å²) < 4.78 is 7.47. The molecular formula is C29H36N6O4. The predicted octanol–water partition coefficient (Wildman–Crippen LogP) is 2.88. The number of aromatic nitrogens is 3. The first-order valence-electron chi connectivity index (χ1n) is 13.7. The van der Waals surface area contributed by atoms with Crippen molar-refractivity contribution in [1.29, 1.82) is 0 Å². The number of nitrogens with one attached hydrogen (secondary N) is 1. The van der Waals surface area contributed by atoms with Crippen LogP contribution in [0.25, 0.3) is 0 Å². The number of rotatable bonds is 12. The third-order valence-corrected chi connectivity index (χ3v) is 7.16. The van der Waals surface area contributed by atoms with E-state index in [4.69, 9.17) is 4.74 Å². The van der Waals surface area contributed by atoms with Crippen molar-refractivity contribution in [2.24, 2.45) is 7.05 Å². The van der Waals surface area contributed by atoms with E-state index in [0.29, 0.717) is 42.3 Å². The Bertz CT molecular complexity index is 1270. The van der Waals surface area contributed by atoms with Gasteiger partial charge in [-0.15, -0.1) is 0 Å². The van der Waals surface area contributed by atoms with Gasteiger partial charge in [-0.1, -0.05) is 30.7 Å². The summed E-state index contributed by atoms with van der Waals surface area (Å²) in [5.41, 5.74) is 2.13. The van der Waals surface area contributed by atoms with Gasteiger partial charge in [-0.2, -0.15) is 10.1 Å². The Morgan fingerprint density at radius 3 is 2.51 bits per heavy atom. The largest absolute Gasteiger partial charge is 0.491 e. The molecule has 1 atom stereocenters. The normalized spacial score (nSPS) is 16.4. The third-order valence-electron chi connectivity index (χ3n) is 7.16. The van der Waals surface area contributed by atoms with E-state index in [0.717, 1.165) is 25.4 Å². The molecule has 2 amide bonds. The molecule has 2 aliphatic rings. The zero-order valence-electron chi connectivity index (χ0n) is 22.4. The summed E-state index contributed by atoms with van der Waals surface area (Å²) in [6.07, 6.45) is 4.19. The van der Waals surface area contributed by atoms with E-state index in [-0.39, 0.29) is 25.0 Å². The number of nitrogens with zero attached hydrogens (tertiary/aromatic N) is 5. The minimum Gasteiger partial charge on any atom is -0.491 e. The summed E-state index contributed by atoms with van der Waals surface area (Å²) in [4.78, 5) is 33.3. The maximum absolute atomic E-state index is 12.5. The third kappa shape index (κ3) is 6.63. The van der Waals surface area contributed by atoms with Crippen molar-refractivity contribution in [3.05, 3.63) is 71.0 Å². The summed E-state index contributed by atoms with van der Waals surface area (Å²) in [6, 6.07) is 15.0. The molecule has 2 aliphatic heterocycles. The van der Waals surface area contributed by atoms with Crippen LogP contribution in [0.2, 0.25) is 0 Å². The van der Waals surface area contributed by atoms with Gasteiger partial charge < -0.3 is 15.2 Å². The van der Waals surface area contributed by atoms with Crippen molar-refractivity contribution in [3.63, 3.8) is 0 Å².